The minimum absolute atomic E-state index is 0.0311. The molecule has 2 aromatic rings. The van der Waals surface area contributed by atoms with Crippen LogP contribution in [-0.4, -0.2) is 9.55 Å². The molecule has 0 N–H and O–H groups in total. The van der Waals surface area contributed by atoms with Gasteiger partial charge in [-0.2, -0.15) is 8.78 Å². The maximum absolute atomic E-state index is 13.1. The van der Waals surface area contributed by atoms with Crippen LogP contribution in [0.25, 0.3) is 0 Å². The molecular weight excluding hydrogens is 269 g/mol. The lowest BCUT2D eigenvalue weighted by molar-refractivity contribution is 0.0632. The van der Waals surface area contributed by atoms with Crippen LogP contribution >= 0.6 is 11.6 Å². The van der Waals surface area contributed by atoms with Gasteiger partial charge in [-0.15, -0.1) is 0 Å². The number of rotatable bonds is 4. The summed E-state index contributed by atoms with van der Waals surface area (Å²) in [6.45, 7) is -2.87. The minimum atomic E-state index is -2.69. The number of alkyl halides is 2. The second-order valence-electron chi connectivity index (χ2n) is 3.39. The summed E-state index contributed by atoms with van der Waals surface area (Å²) in [5.41, 5.74) is 0. The molecule has 3 nitrogen and oxygen atoms in total. The Kier molecular flexibility index (Phi) is 3.76. The van der Waals surface area contributed by atoms with Crippen molar-refractivity contribution in [3.05, 3.63) is 47.3 Å². The van der Waals surface area contributed by atoms with Crippen molar-refractivity contribution in [1.29, 1.82) is 0 Å². The third-order valence-electron chi connectivity index (χ3n) is 2.22. The summed E-state index contributed by atoms with van der Waals surface area (Å²) in [5.74, 6) is -0.382. The van der Waals surface area contributed by atoms with Gasteiger partial charge < -0.3 is 4.74 Å². The Balaban J connectivity index is 2.07. The highest BCUT2D eigenvalue weighted by molar-refractivity contribution is 6.30. The summed E-state index contributed by atoms with van der Waals surface area (Å²) in [6, 6.07) is 3.85. The molecule has 0 saturated carbocycles. The van der Waals surface area contributed by atoms with Crippen molar-refractivity contribution in [1.82, 2.24) is 9.55 Å². The highest BCUT2D eigenvalue weighted by atomic mass is 35.5. The Morgan fingerprint density at radius 2 is 2.17 bits per heavy atom. The fraction of sp³-hybridized carbons (Fsp3) is 0.182. The normalized spacial score (nSPS) is 10.9. The highest BCUT2D eigenvalue weighted by Crippen LogP contribution is 2.21. The zero-order valence-corrected chi connectivity index (χ0v) is 9.74. The fourth-order valence-corrected chi connectivity index (χ4v) is 1.47. The Labute approximate surface area is 106 Å². The van der Waals surface area contributed by atoms with E-state index in [1.807, 2.05) is 0 Å². The fourth-order valence-electron chi connectivity index (χ4n) is 1.35. The molecule has 1 aromatic carbocycles. The van der Waals surface area contributed by atoms with Gasteiger partial charge in [0, 0.05) is 18.5 Å². The lowest BCUT2D eigenvalue weighted by atomic mass is 10.3. The van der Waals surface area contributed by atoms with Gasteiger partial charge in [0.1, 0.15) is 18.2 Å². The number of benzene rings is 1. The first-order valence-electron chi connectivity index (χ1n) is 4.95. The maximum atomic E-state index is 13.1. The first-order chi connectivity index (χ1) is 8.58. The molecule has 0 fully saturated rings. The van der Waals surface area contributed by atoms with Crippen molar-refractivity contribution in [3.63, 3.8) is 0 Å². The zero-order valence-electron chi connectivity index (χ0n) is 8.99. The summed E-state index contributed by atoms with van der Waals surface area (Å²) in [6.07, 6.45) is 2.39. The molecule has 96 valence electrons. The van der Waals surface area contributed by atoms with Gasteiger partial charge in [0.05, 0.1) is 5.02 Å². The maximum Gasteiger partial charge on any atom is 0.320 e. The lowest BCUT2D eigenvalue weighted by Gasteiger charge is -2.08. The smallest absolute Gasteiger partial charge is 0.320 e. The number of hydrogen-bond donors (Lipinski definition) is 0. The van der Waals surface area contributed by atoms with Gasteiger partial charge in [0.25, 0.3) is 0 Å². The third kappa shape index (κ3) is 2.76. The predicted molar refractivity (Wildman–Crippen MR) is 59.2 cm³/mol. The molecule has 0 amide bonds. The van der Waals surface area contributed by atoms with E-state index in [0.29, 0.717) is 4.57 Å². The van der Waals surface area contributed by atoms with Gasteiger partial charge >= 0.3 is 6.55 Å². The van der Waals surface area contributed by atoms with Gasteiger partial charge in [-0.25, -0.2) is 9.37 Å². The van der Waals surface area contributed by atoms with E-state index in [4.69, 9.17) is 16.3 Å². The molecule has 2 rings (SSSR count). The van der Waals surface area contributed by atoms with E-state index in [1.165, 1.54) is 18.3 Å². The lowest BCUT2D eigenvalue weighted by Crippen LogP contribution is -2.07. The number of hydrogen-bond acceptors (Lipinski definition) is 2. The molecule has 0 aliphatic heterocycles. The monoisotopic (exact) mass is 276 g/mol. The number of nitrogens with zero attached hydrogens (tertiary/aromatic N) is 2. The summed E-state index contributed by atoms with van der Waals surface area (Å²) in [4.78, 5) is 3.73. The van der Waals surface area contributed by atoms with Crippen molar-refractivity contribution in [3.8, 4) is 5.75 Å². The van der Waals surface area contributed by atoms with Crippen LogP contribution in [0.2, 0.25) is 5.02 Å². The SMILES string of the molecule is Fc1cc(OCc2nccn2C(F)F)ccc1Cl. The average Bonchev–Trinajstić information content (AvgIpc) is 2.79. The van der Waals surface area contributed by atoms with Crippen LogP contribution in [0.5, 0.6) is 5.75 Å². The molecule has 0 radical (unpaired) electrons. The molecule has 0 aliphatic rings. The zero-order chi connectivity index (χ0) is 13.1. The minimum Gasteiger partial charge on any atom is -0.486 e. The summed E-state index contributed by atoms with van der Waals surface area (Å²) in [7, 11) is 0. The van der Waals surface area contributed by atoms with E-state index < -0.39 is 12.4 Å². The van der Waals surface area contributed by atoms with Gasteiger partial charge in [-0.05, 0) is 12.1 Å². The van der Waals surface area contributed by atoms with Crippen LogP contribution in [-0.2, 0) is 6.61 Å². The van der Waals surface area contributed by atoms with Gasteiger partial charge in [-0.1, -0.05) is 11.6 Å². The molecule has 1 heterocycles. The molecule has 1 aromatic heterocycles. The topological polar surface area (TPSA) is 27.1 Å². The number of halogens is 4. The van der Waals surface area contributed by atoms with Crippen LogP contribution in [0.15, 0.2) is 30.6 Å². The molecule has 0 aliphatic carbocycles. The second-order valence-corrected chi connectivity index (χ2v) is 3.80. The molecule has 0 bridgehead atoms. The summed E-state index contributed by atoms with van der Waals surface area (Å²) >= 11 is 5.50. The molecule has 0 spiro atoms. The van der Waals surface area contributed by atoms with E-state index >= 15 is 0 Å². The Morgan fingerprint density at radius 1 is 1.39 bits per heavy atom. The van der Waals surface area contributed by atoms with Crippen LogP contribution in [0, 0.1) is 5.82 Å². The third-order valence-corrected chi connectivity index (χ3v) is 2.52. The van der Waals surface area contributed by atoms with Gasteiger partial charge in [-0.3, -0.25) is 4.57 Å². The summed E-state index contributed by atoms with van der Waals surface area (Å²) < 4.78 is 43.9. The van der Waals surface area contributed by atoms with E-state index in [2.05, 4.69) is 4.98 Å². The van der Waals surface area contributed by atoms with Crippen LogP contribution in [0.1, 0.15) is 12.4 Å². The first kappa shape index (κ1) is 12.8. The number of imidazole rings is 1. The molecule has 0 atom stereocenters. The average molecular weight is 277 g/mol. The van der Waals surface area contributed by atoms with Crippen LogP contribution < -0.4 is 4.74 Å². The Bertz CT molecular complexity index is 545. The standard InChI is InChI=1S/C11H8ClF3N2O/c12-8-2-1-7(5-9(8)13)18-6-10-16-3-4-17(10)11(14)15/h1-5,11H,6H2. The van der Waals surface area contributed by atoms with Crippen LogP contribution in [0.3, 0.4) is 0 Å². The van der Waals surface area contributed by atoms with E-state index in [-0.39, 0.29) is 23.2 Å². The Morgan fingerprint density at radius 3 is 2.83 bits per heavy atom. The quantitative estimate of drug-likeness (QED) is 0.852. The van der Waals surface area contributed by atoms with Crippen molar-refractivity contribution < 1.29 is 17.9 Å². The van der Waals surface area contributed by atoms with Crippen molar-refractivity contribution in [2.75, 3.05) is 0 Å². The Hall–Kier alpha value is -1.69. The van der Waals surface area contributed by atoms with Gasteiger partial charge in [0.15, 0.2) is 5.82 Å². The van der Waals surface area contributed by atoms with E-state index in [0.717, 1.165) is 12.3 Å². The van der Waals surface area contributed by atoms with E-state index in [9.17, 15) is 13.2 Å². The number of aromatic nitrogens is 2. The molecule has 0 unspecified atom stereocenters. The van der Waals surface area contributed by atoms with Crippen molar-refractivity contribution in [2.24, 2.45) is 0 Å². The van der Waals surface area contributed by atoms with Crippen molar-refractivity contribution >= 4 is 11.6 Å². The predicted octanol–water partition coefficient (Wildman–Crippen LogP) is 3.65. The largest absolute Gasteiger partial charge is 0.486 e. The molecule has 7 heteroatoms. The first-order valence-corrected chi connectivity index (χ1v) is 5.33. The number of ether oxygens (including phenoxy) is 1. The van der Waals surface area contributed by atoms with Crippen molar-refractivity contribution in [2.45, 2.75) is 13.2 Å². The highest BCUT2D eigenvalue weighted by Gasteiger charge is 2.12. The van der Waals surface area contributed by atoms with E-state index in [1.54, 1.807) is 0 Å². The van der Waals surface area contributed by atoms with Gasteiger partial charge in [0.2, 0.25) is 0 Å². The molecule has 18 heavy (non-hydrogen) atoms. The molecule has 0 saturated heterocycles. The van der Waals surface area contributed by atoms with Crippen LogP contribution in [0.4, 0.5) is 13.2 Å². The molecular formula is C11H8ClF3N2O. The summed E-state index contributed by atoms with van der Waals surface area (Å²) in [5, 5.41) is -0.0311. The second kappa shape index (κ2) is 5.30.